The first-order valence-corrected chi connectivity index (χ1v) is 4.72. The van der Waals surface area contributed by atoms with Crippen molar-refractivity contribution >= 4 is 17.5 Å². The van der Waals surface area contributed by atoms with E-state index in [2.05, 4.69) is 5.32 Å². The minimum atomic E-state index is -0.369. The lowest BCUT2D eigenvalue weighted by atomic mass is 10.2. The molecule has 0 aliphatic rings. The molecule has 5 heteroatoms. The summed E-state index contributed by atoms with van der Waals surface area (Å²) in [5.41, 5.74) is 3.08. The lowest BCUT2D eigenvalue weighted by Crippen LogP contribution is -2.29. The number of nitrogens with one attached hydrogen (secondary N) is 2. The van der Waals surface area contributed by atoms with Gasteiger partial charge in [-0.15, -0.1) is 0 Å². The molecule has 5 nitrogen and oxygen atoms in total. The maximum atomic E-state index is 11.2. The third-order valence-corrected chi connectivity index (χ3v) is 1.86. The average Bonchev–Trinajstić information content (AvgIpc) is 2.29. The number of hydrazine groups is 1. The smallest absolute Gasteiger partial charge is 0.265 e. The number of hydrogen-bond acceptors (Lipinski definition) is 3. The first kappa shape index (κ1) is 11.9. The highest BCUT2D eigenvalue weighted by atomic mass is 16.2. The fraction of sp³-hybridized carbons (Fsp3) is 0.0909. The van der Waals surface area contributed by atoms with Crippen LogP contribution in [-0.4, -0.2) is 11.8 Å². The number of hydrogen-bond donors (Lipinski definition) is 3. The van der Waals surface area contributed by atoms with Crippen molar-refractivity contribution in [3.05, 3.63) is 42.0 Å². The van der Waals surface area contributed by atoms with Crippen LogP contribution in [0.15, 0.2) is 36.4 Å². The summed E-state index contributed by atoms with van der Waals surface area (Å²) in [6.45, 7) is 1.76. The van der Waals surface area contributed by atoms with E-state index in [1.807, 2.05) is 5.43 Å². The third-order valence-electron chi connectivity index (χ3n) is 1.86. The summed E-state index contributed by atoms with van der Waals surface area (Å²) >= 11 is 0. The van der Waals surface area contributed by atoms with Crippen LogP contribution >= 0.6 is 0 Å². The van der Waals surface area contributed by atoms with Crippen molar-refractivity contribution < 1.29 is 9.59 Å². The van der Waals surface area contributed by atoms with Crippen molar-refractivity contribution in [1.82, 2.24) is 5.43 Å². The molecule has 1 aromatic rings. The summed E-state index contributed by atoms with van der Waals surface area (Å²) in [4.78, 5) is 22.3. The van der Waals surface area contributed by atoms with Crippen LogP contribution in [0.25, 0.3) is 0 Å². The van der Waals surface area contributed by atoms with Gasteiger partial charge in [0.05, 0.1) is 0 Å². The zero-order valence-electron chi connectivity index (χ0n) is 8.86. The highest BCUT2D eigenvalue weighted by Crippen LogP contribution is 2.09. The number of anilines is 1. The summed E-state index contributed by atoms with van der Waals surface area (Å²) in [7, 11) is 0. The second kappa shape index (κ2) is 5.67. The normalized spacial score (nSPS) is 10.1. The molecule has 16 heavy (non-hydrogen) atoms. The molecule has 0 radical (unpaired) electrons. The molecule has 1 aromatic carbocycles. The molecule has 0 saturated heterocycles. The summed E-state index contributed by atoms with van der Waals surface area (Å²) in [5.74, 6) is 4.41. The lowest BCUT2D eigenvalue weighted by Gasteiger charge is -2.03. The predicted octanol–water partition coefficient (Wildman–Crippen LogP) is 0.805. The number of benzene rings is 1. The van der Waals surface area contributed by atoms with E-state index in [0.29, 0.717) is 11.3 Å². The number of rotatable bonds is 3. The molecule has 0 aliphatic heterocycles. The predicted molar refractivity (Wildman–Crippen MR) is 61.5 cm³/mol. The number of nitrogens with two attached hydrogens (primary N) is 1. The van der Waals surface area contributed by atoms with E-state index in [0.717, 1.165) is 0 Å². The number of allylic oxidation sites excluding steroid dienone is 1. The number of carbonyl (C=O) groups is 2. The molecular formula is C11H13N3O2. The molecule has 1 rings (SSSR count). The van der Waals surface area contributed by atoms with Crippen LogP contribution in [0.1, 0.15) is 17.3 Å². The highest BCUT2D eigenvalue weighted by Gasteiger charge is 2.03. The monoisotopic (exact) mass is 219 g/mol. The van der Waals surface area contributed by atoms with Crippen LogP contribution in [0.3, 0.4) is 0 Å². The van der Waals surface area contributed by atoms with Gasteiger partial charge >= 0.3 is 0 Å². The summed E-state index contributed by atoms with van der Waals surface area (Å²) in [6, 6.07) is 6.42. The van der Waals surface area contributed by atoms with Crippen LogP contribution < -0.4 is 16.6 Å². The van der Waals surface area contributed by atoms with Gasteiger partial charge in [0.2, 0.25) is 5.91 Å². The van der Waals surface area contributed by atoms with E-state index in [4.69, 9.17) is 5.84 Å². The Kier molecular flexibility index (Phi) is 4.23. The number of carbonyl (C=O) groups excluding carboxylic acids is 2. The molecule has 0 fully saturated rings. The van der Waals surface area contributed by atoms with Gasteiger partial charge < -0.3 is 5.32 Å². The second-order valence-electron chi connectivity index (χ2n) is 3.04. The van der Waals surface area contributed by atoms with Gasteiger partial charge in [-0.05, 0) is 37.3 Å². The van der Waals surface area contributed by atoms with E-state index in [1.54, 1.807) is 37.3 Å². The zero-order chi connectivity index (χ0) is 12.0. The van der Waals surface area contributed by atoms with Crippen LogP contribution in [0, 0.1) is 0 Å². The Balaban J connectivity index is 2.72. The minimum Gasteiger partial charge on any atom is -0.323 e. The van der Waals surface area contributed by atoms with Gasteiger partial charge in [-0.3, -0.25) is 15.0 Å². The molecule has 0 saturated carbocycles. The van der Waals surface area contributed by atoms with Crippen molar-refractivity contribution in [1.29, 1.82) is 0 Å². The van der Waals surface area contributed by atoms with Gasteiger partial charge in [-0.25, -0.2) is 5.84 Å². The first-order chi connectivity index (χ1) is 7.67. The Labute approximate surface area is 93.3 Å². The molecule has 0 aliphatic carbocycles. The van der Waals surface area contributed by atoms with E-state index in [1.165, 1.54) is 6.08 Å². The summed E-state index contributed by atoms with van der Waals surface area (Å²) < 4.78 is 0. The Morgan fingerprint density at radius 1 is 1.25 bits per heavy atom. The Bertz CT molecular complexity index is 410. The van der Waals surface area contributed by atoms with Gasteiger partial charge in [-0.2, -0.15) is 0 Å². The molecule has 0 unspecified atom stereocenters. The quantitative estimate of drug-likeness (QED) is 0.304. The van der Waals surface area contributed by atoms with E-state index in [9.17, 15) is 9.59 Å². The number of amides is 2. The molecule has 0 bridgehead atoms. The minimum absolute atomic E-state index is 0.210. The number of nitrogen functional groups attached to an aromatic ring is 1. The highest BCUT2D eigenvalue weighted by molar-refractivity contribution is 6.00. The molecule has 4 N–H and O–H groups in total. The van der Waals surface area contributed by atoms with E-state index < -0.39 is 0 Å². The van der Waals surface area contributed by atoms with Crippen LogP contribution in [0.2, 0.25) is 0 Å². The Morgan fingerprint density at radius 2 is 1.88 bits per heavy atom. The molecule has 0 spiro atoms. The molecule has 0 aromatic heterocycles. The van der Waals surface area contributed by atoms with Gasteiger partial charge in [0, 0.05) is 11.3 Å². The fourth-order valence-electron chi connectivity index (χ4n) is 1.12. The Morgan fingerprint density at radius 3 is 2.38 bits per heavy atom. The van der Waals surface area contributed by atoms with Crippen molar-refractivity contribution in [3.8, 4) is 0 Å². The first-order valence-electron chi connectivity index (χ1n) is 4.72. The Hall–Kier alpha value is -2.14. The van der Waals surface area contributed by atoms with Gasteiger partial charge in [0.1, 0.15) is 0 Å². The van der Waals surface area contributed by atoms with Crippen LogP contribution in [-0.2, 0) is 4.79 Å². The second-order valence-corrected chi connectivity index (χ2v) is 3.04. The van der Waals surface area contributed by atoms with Gasteiger partial charge in [-0.1, -0.05) is 6.08 Å². The molecule has 0 heterocycles. The molecule has 0 atom stereocenters. The van der Waals surface area contributed by atoms with Crippen molar-refractivity contribution in [2.24, 2.45) is 5.84 Å². The summed E-state index contributed by atoms with van der Waals surface area (Å²) in [5, 5.41) is 2.64. The standard InChI is InChI=1S/C11H13N3O2/c1-2-3-10(15)13-9-6-4-8(5-7-9)11(16)14-12/h2-7H,12H2,1H3,(H,13,15)(H,14,16)/b3-2-. The zero-order valence-corrected chi connectivity index (χ0v) is 8.86. The van der Waals surface area contributed by atoms with Crippen molar-refractivity contribution in [2.75, 3.05) is 5.32 Å². The topological polar surface area (TPSA) is 84.2 Å². The maximum absolute atomic E-state index is 11.2. The van der Waals surface area contributed by atoms with Gasteiger partial charge in [0.25, 0.3) is 5.91 Å². The third kappa shape index (κ3) is 3.21. The van der Waals surface area contributed by atoms with E-state index >= 15 is 0 Å². The SMILES string of the molecule is C/C=C\C(=O)Nc1ccc(C(=O)NN)cc1. The lowest BCUT2D eigenvalue weighted by molar-refractivity contribution is -0.111. The largest absolute Gasteiger partial charge is 0.323 e. The van der Waals surface area contributed by atoms with Crippen molar-refractivity contribution in [2.45, 2.75) is 6.92 Å². The summed E-state index contributed by atoms with van der Waals surface area (Å²) in [6.07, 6.45) is 3.06. The average molecular weight is 219 g/mol. The van der Waals surface area contributed by atoms with Crippen LogP contribution in [0.4, 0.5) is 5.69 Å². The van der Waals surface area contributed by atoms with E-state index in [-0.39, 0.29) is 11.8 Å². The molecular weight excluding hydrogens is 206 g/mol. The maximum Gasteiger partial charge on any atom is 0.265 e. The fourth-order valence-corrected chi connectivity index (χ4v) is 1.12. The van der Waals surface area contributed by atoms with Crippen molar-refractivity contribution in [3.63, 3.8) is 0 Å². The van der Waals surface area contributed by atoms with Crippen LogP contribution in [0.5, 0.6) is 0 Å². The molecule has 84 valence electrons. The molecule has 2 amide bonds. The van der Waals surface area contributed by atoms with Gasteiger partial charge in [0.15, 0.2) is 0 Å².